The molecule has 25 heavy (non-hydrogen) atoms. The molecule has 0 fully saturated rings. The first-order valence-corrected chi connectivity index (χ1v) is 8.76. The quantitative estimate of drug-likeness (QED) is 0.328. The van der Waals surface area contributed by atoms with E-state index in [1.54, 1.807) is 12.1 Å². The van der Waals surface area contributed by atoms with Crippen LogP contribution < -0.4 is 10.6 Å². The Hall–Kier alpha value is -1.34. The zero-order valence-corrected chi connectivity index (χ0v) is 17.6. The highest BCUT2D eigenvalue weighted by Gasteiger charge is 2.11. The molecule has 0 aliphatic rings. The van der Waals surface area contributed by atoms with E-state index >= 15 is 0 Å². The number of hydrogen-bond donors (Lipinski definition) is 3. The Labute approximate surface area is 173 Å². The van der Waals surface area contributed by atoms with Gasteiger partial charge in [0.1, 0.15) is 6.10 Å². The summed E-state index contributed by atoms with van der Waals surface area (Å²) in [5.74, 6) is 0.613. The molecule has 0 bridgehead atoms. The molecule has 8 heteroatoms. The summed E-state index contributed by atoms with van der Waals surface area (Å²) in [6, 6.07) is 13.1. The minimum absolute atomic E-state index is 0. The summed E-state index contributed by atoms with van der Waals surface area (Å²) in [5, 5.41) is 25.4. The van der Waals surface area contributed by atoms with E-state index in [1.165, 1.54) is 11.3 Å². The minimum Gasteiger partial charge on any atom is -0.386 e. The zero-order chi connectivity index (χ0) is 17.4. The highest BCUT2D eigenvalue weighted by Crippen LogP contribution is 2.26. The molecule has 1 heterocycles. The number of guanidine groups is 1. The molecule has 1 unspecified atom stereocenters. The SMILES string of the molecule is CCNC(=NCc1cccc(C#N)c1)NCC(O)c1ccc(Cl)s1.I. The number of benzene rings is 1. The van der Waals surface area contributed by atoms with Crippen LogP contribution in [0.2, 0.25) is 4.34 Å². The topological polar surface area (TPSA) is 80.4 Å². The molecule has 5 nitrogen and oxygen atoms in total. The average molecular weight is 491 g/mol. The van der Waals surface area contributed by atoms with Crippen LogP contribution in [-0.4, -0.2) is 24.2 Å². The number of hydrogen-bond acceptors (Lipinski definition) is 4. The number of aliphatic hydroxyl groups is 1. The fourth-order valence-corrected chi connectivity index (χ4v) is 3.10. The van der Waals surface area contributed by atoms with E-state index in [9.17, 15) is 5.11 Å². The highest BCUT2D eigenvalue weighted by atomic mass is 127. The van der Waals surface area contributed by atoms with Crippen LogP contribution >= 0.6 is 46.9 Å². The van der Waals surface area contributed by atoms with Gasteiger partial charge < -0.3 is 15.7 Å². The third-order valence-electron chi connectivity index (χ3n) is 3.21. The average Bonchev–Trinajstić information content (AvgIpc) is 3.04. The number of aliphatic imine (C=N–C) groups is 1. The summed E-state index contributed by atoms with van der Waals surface area (Å²) in [7, 11) is 0. The van der Waals surface area contributed by atoms with Gasteiger partial charge in [0.05, 0.1) is 22.5 Å². The second kappa shape index (κ2) is 11.3. The van der Waals surface area contributed by atoms with Gasteiger partial charge in [0, 0.05) is 18.0 Å². The van der Waals surface area contributed by atoms with Crippen LogP contribution in [0.3, 0.4) is 0 Å². The second-order valence-electron chi connectivity index (χ2n) is 5.05. The van der Waals surface area contributed by atoms with Crippen molar-refractivity contribution in [1.82, 2.24) is 10.6 Å². The van der Waals surface area contributed by atoms with Crippen LogP contribution in [0, 0.1) is 11.3 Å². The van der Waals surface area contributed by atoms with Gasteiger partial charge in [0.15, 0.2) is 5.96 Å². The van der Waals surface area contributed by atoms with E-state index in [4.69, 9.17) is 16.9 Å². The molecule has 0 saturated carbocycles. The van der Waals surface area contributed by atoms with Crippen molar-refractivity contribution >= 4 is 52.9 Å². The first-order valence-electron chi connectivity index (χ1n) is 7.57. The van der Waals surface area contributed by atoms with Gasteiger partial charge in [-0.2, -0.15) is 5.26 Å². The lowest BCUT2D eigenvalue weighted by atomic mass is 10.1. The van der Waals surface area contributed by atoms with E-state index in [0.29, 0.717) is 35.5 Å². The lowest BCUT2D eigenvalue weighted by molar-refractivity contribution is 0.184. The molecule has 134 valence electrons. The third kappa shape index (κ3) is 7.20. The van der Waals surface area contributed by atoms with Crippen LogP contribution in [0.15, 0.2) is 41.4 Å². The van der Waals surface area contributed by atoms with Crippen LogP contribution in [-0.2, 0) is 6.54 Å². The lowest BCUT2D eigenvalue weighted by Gasteiger charge is -2.14. The summed E-state index contributed by atoms with van der Waals surface area (Å²) in [6.45, 7) is 3.47. The van der Waals surface area contributed by atoms with Crippen molar-refractivity contribution < 1.29 is 5.11 Å². The standard InChI is InChI=1S/C17H19ClN4OS.HI/c1-2-20-17(21-10-13-5-3-4-12(8-13)9-19)22-11-14(23)15-6-7-16(18)24-15;/h3-8,14,23H,2,10-11H2,1H3,(H2,20,21,22);1H. The molecule has 0 saturated heterocycles. The van der Waals surface area contributed by atoms with Crippen molar-refractivity contribution in [1.29, 1.82) is 5.26 Å². The maximum atomic E-state index is 10.2. The van der Waals surface area contributed by atoms with Gasteiger partial charge in [-0.1, -0.05) is 23.7 Å². The smallest absolute Gasteiger partial charge is 0.191 e. The molecular formula is C17H20ClIN4OS. The predicted molar refractivity (Wildman–Crippen MR) is 114 cm³/mol. The number of nitrogens with zero attached hydrogens (tertiary/aromatic N) is 2. The molecule has 0 aliphatic carbocycles. The van der Waals surface area contributed by atoms with Gasteiger partial charge in [-0.3, -0.25) is 0 Å². The summed E-state index contributed by atoms with van der Waals surface area (Å²) in [5.41, 5.74) is 1.57. The Morgan fingerprint density at radius 1 is 1.36 bits per heavy atom. The number of nitrogens with one attached hydrogen (secondary N) is 2. The van der Waals surface area contributed by atoms with Crippen molar-refractivity contribution in [3.05, 3.63) is 56.7 Å². The molecule has 0 aliphatic heterocycles. The molecule has 2 aromatic rings. The number of rotatable bonds is 6. The van der Waals surface area contributed by atoms with Crippen molar-refractivity contribution in [2.24, 2.45) is 4.99 Å². The third-order valence-corrected chi connectivity index (χ3v) is 4.54. The molecule has 1 aromatic carbocycles. The number of thiophene rings is 1. The van der Waals surface area contributed by atoms with Gasteiger partial charge in [-0.05, 0) is 36.8 Å². The fourth-order valence-electron chi connectivity index (χ4n) is 2.05. The van der Waals surface area contributed by atoms with Gasteiger partial charge in [0.25, 0.3) is 0 Å². The van der Waals surface area contributed by atoms with Crippen molar-refractivity contribution in [2.45, 2.75) is 19.6 Å². The second-order valence-corrected chi connectivity index (χ2v) is 6.79. The largest absolute Gasteiger partial charge is 0.386 e. The normalized spacial score (nSPS) is 12.0. The van der Waals surface area contributed by atoms with Crippen LogP contribution in [0.4, 0.5) is 0 Å². The first kappa shape index (κ1) is 21.7. The first-order chi connectivity index (χ1) is 11.6. The molecule has 0 amide bonds. The van der Waals surface area contributed by atoms with Crippen LogP contribution in [0.25, 0.3) is 0 Å². The number of nitriles is 1. The van der Waals surface area contributed by atoms with E-state index in [0.717, 1.165) is 10.4 Å². The van der Waals surface area contributed by atoms with Gasteiger partial charge in [0.2, 0.25) is 0 Å². The highest BCUT2D eigenvalue weighted by molar-refractivity contribution is 14.0. The van der Waals surface area contributed by atoms with Crippen molar-refractivity contribution in [2.75, 3.05) is 13.1 Å². The van der Waals surface area contributed by atoms with Crippen LogP contribution in [0.5, 0.6) is 0 Å². The number of aliphatic hydroxyl groups excluding tert-OH is 1. The van der Waals surface area contributed by atoms with E-state index < -0.39 is 6.10 Å². The maximum Gasteiger partial charge on any atom is 0.191 e. The van der Waals surface area contributed by atoms with Crippen LogP contribution in [0.1, 0.15) is 29.0 Å². The molecule has 1 atom stereocenters. The Bertz CT molecular complexity index is 744. The summed E-state index contributed by atoms with van der Waals surface area (Å²) >= 11 is 7.25. The van der Waals surface area contributed by atoms with Gasteiger partial charge in [-0.25, -0.2) is 4.99 Å². The zero-order valence-electron chi connectivity index (χ0n) is 13.7. The Morgan fingerprint density at radius 2 is 2.16 bits per heavy atom. The summed E-state index contributed by atoms with van der Waals surface area (Å²) in [4.78, 5) is 5.29. The molecule has 0 radical (unpaired) electrons. The van der Waals surface area contributed by atoms with Crippen molar-refractivity contribution in [3.63, 3.8) is 0 Å². The van der Waals surface area contributed by atoms with E-state index in [2.05, 4.69) is 21.7 Å². The number of halogens is 2. The predicted octanol–water partition coefficient (Wildman–Crippen LogP) is 3.68. The fraction of sp³-hybridized carbons (Fsp3) is 0.294. The molecule has 3 N–H and O–H groups in total. The molecular weight excluding hydrogens is 471 g/mol. The lowest BCUT2D eigenvalue weighted by Crippen LogP contribution is -2.39. The maximum absolute atomic E-state index is 10.2. The monoisotopic (exact) mass is 490 g/mol. The van der Waals surface area contributed by atoms with E-state index in [-0.39, 0.29) is 24.0 Å². The molecule has 2 rings (SSSR count). The molecule has 0 spiro atoms. The van der Waals surface area contributed by atoms with E-state index in [1.807, 2.05) is 31.2 Å². The summed E-state index contributed by atoms with van der Waals surface area (Å²) < 4.78 is 0.655. The Balaban J connectivity index is 0.00000312. The van der Waals surface area contributed by atoms with Gasteiger partial charge >= 0.3 is 0 Å². The summed E-state index contributed by atoms with van der Waals surface area (Å²) in [6.07, 6.45) is -0.645. The van der Waals surface area contributed by atoms with Crippen molar-refractivity contribution in [3.8, 4) is 6.07 Å². The molecule has 1 aromatic heterocycles. The van der Waals surface area contributed by atoms with Gasteiger partial charge in [-0.15, -0.1) is 35.3 Å². The minimum atomic E-state index is -0.645. The Morgan fingerprint density at radius 3 is 2.80 bits per heavy atom. The Kier molecular flexibility index (Phi) is 9.82.